The van der Waals surface area contributed by atoms with Gasteiger partial charge in [0.05, 0.1) is 19.5 Å². The van der Waals surface area contributed by atoms with Crippen LogP contribution in [0.2, 0.25) is 0 Å². The molecule has 1 aromatic rings. The fourth-order valence-electron chi connectivity index (χ4n) is 3.86. The highest BCUT2D eigenvalue weighted by atomic mass is 19.1. The van der Waals surface area contributed by atoms with Gasteiger partial charge in [0.25, 0.3) is 0 Å². The average Bonchev–Trinajstić information content (AvgIpc) is 3.05. The zero-order valence-corrected chi connectivity index (χ0v) is 18.2. The van der Waals surface area contributed by atoms with Crippen LogP contribution in [0.25, 0.3) is 0 Å². The Labute approximate surface area is 180 Å². The van der Waals surface area contributed by atoms with Gasteiger partial charge in [-0.25, -0.2) is 4.39 Å². The maximum absolute atomic E-state index is 14.6. The van der Waals surface area contributed by atoms with Crippen molar-refractivity contribution in [3.8, 4) is 5.88 Å². The monoisotopic (exact) mass is 442 g/mol. The van der Waals surface area contributed by atoms with Crippen molar-refractivity contribution in [1.29, 1.82) is 0 Å². The van der Waals surface area contributed by atoms with E-state index < -0.39 is 37.3 Å². The van der Waals surface area contributed by atoms with Crippen LogP contribution >= 0.6 is 0 Å². The third-order valence-corrected chi connectivity index (χ3v) is 5.75. The molecule has 31 heavy (non-hydrogen) atoms. The van der Waals surface area contributed by atoms with E-state index in [4.69, 9.17) is 14.2 Å². The zero-order valence-electron chi connectivity index (χ0n) is 18.2. The van der Waals surface area contributed by atoms with Gasteiger partial charge in [0.2, 0.25) is 12.2 Å². The third-order valence-electron chi connectivity index (χ3n) is 5.75. The highest BCUT2D eigenvalue weighted by molar-refractivity contribution is 5.38. The molecular weight excluding hydrogens is 411 g/mol. The molecule has 0 saturated carbocycles. The maximum Gasteiger partial charge on any atom is 0.239 e. The number of methoxy groups -OCH3 is 1. The molecule has 1 aliphatic carbocycles. The molecule has 1 aromatic heterocycles. The first kappa shape index (κ1) is 23.7. The van der Waals surface area contributed by atoms with Crippen molar-refractivity contribution >= 4 is 0 Å². The second-order valence-electron chi connectivity index (χ2n) is 8.17. The van der Waals surface area contributed by atoms with Crippen molar-refractivity contribution < 1.29 is 39.0 Å². The first-order valence-corrected chi connectivity index (χ1v) is 10.3. The lowest BCUT2D eigenvalue weighted by Gasteiger charge is -2.39. The summed E-state index contributed by atoms with van der Waals surface area (Å²) in [6.45, 7) is 5.16. The van der Waals surface area contributed by atoms with Gasteiger partial charge in [-0.15, -0.1) is 5.10 Å². The number of nitrogens with zero attached hydrogens (tertiary/aromatic N) is 2. The molecule has 1 fully saturated rings. The van der Waals surface area contributed by atoms with E-state index >= 15 is 0 Å². The van der Waals surface area contributed by atoms with Crippen molar-refractivity contribution in [3.05, 3.63) is 34.5 Å². The molecule has 10 heteroatoms. The number of hydrogen-bond acceptors (Lipinski definition) is 8. The number of rotatable bonds is 7. The summed E-state index contributed by atoms with van der Waals surface area (Å²) in [5, 5.41) is 44.2. The van der Waals surface area contributed by atoms with Crippen LogP contribution in [0.3, 0.4) is 0 Å². The Morgan fingerprint density at radius 1 is 1.23 bits per heavy atom. The summed E-state index contributed by atoms with van der Waals surface area (Å²) in [4.78, 5) is 0. The molecule has 2 heterocycles. The number of aromatic nitrogens is 2. The van der Waals surface area contributed by atoms with Crippen molar-refractivity contribution in [3.63, 3.8) is 0 Å². The van der Waals surface area contributed by atoms with E-state index in [0.717, 1.165) is 5.69 Å². The summed E-state index contributed by atoms with van der Waals surface area (Å²) < 4.78 is 32.7. The molecule has 0 spiro atoms. The molecule has 174 valence electrons. The number of aliphatic hydroxyl groups excluding tert-OH is 4. The van der Waals surface area contributed by atoms with Crippen LogP contribution in [0.15, 0.2) is 23.2 Å². The van der Waals surface area contributed by atoms with Crippen LogP contribution in [0.5, 0.6) is 5.88 Å². The first-order chi connectivity index (χ1) is 14.7. The van der Waals surface area contributed by atoms with Gasteiger partial charge in [0.1, 0.15) is 30.2 Å². The minimum Gasteiger partial charge on any atom is -0.501 e. The molecule has 3 rings (SSSR count). The van der Waals surface area contributed by atoms with Crippen molar-refractivity contribution in [2.75, 3.05) is 13.7 Å². The highest BCUT2D eigenvalue weighted by Gasteiger charge is 2.45. The molecule has 0 amide bonds. The van der Waals surface area contributed by atoms with Crippen LogP contribution in [-0.2, 0) is 15.9 Å². The van der Waals surface area contributed by atoms with Gasteiger partial charge in [-0.1, -0.05) is 0 Å². The molecule has 4 N–H and O–H groups in total. The fraction of sp³-hybridized carbons (Fsp3) is 0.667. The molecule has 9 nitrogen and oxygen atoms in total. The average molecular weight is 442 g/mol. The number of halogens is 1. The van der Waals surface area contributed by atoms with Gasteiger partial charge in [0.15, 0.2) is 0 Å². The molecule has 0 bridgehead atoms. The third kappa shape index (κ3) is 4.78. The van der Waals surface area contributed by atoms with E-state index in [1.807, 2.05) is 20.8 Å². The first-order valence-electron chi connectivity index (χ1n) is 10.3. The maximum atomic E-state index is 14.6. The van der Waals surface area contributed by atoms with Gasteiger partial charge in [-0.3, -0.25) is 4.68 Å². The molecule has 0 unspecified atom stereocenters. The second kappa shape index (κ2) is 9.66. The van der Waals surface area contributed by atoms with Gasteiger partial charge >= 0.3 is 0 Å². The topological polar surface area (TPSA) is 126 Å². The Morgan fingerprint density at radius 2 is 1.94 bits per heavy atom. The SMILES string of the molecule is COC1=CC(F)=C(Cc2c(O[C@@H]3O[C@H](CO)[C@@H](O)[C@H](O)[C@H]3O)nn(C(C)C)c2C)CC1. The standard InChI is InChI=1S/C21H31FN2O7/c1-10(2)24-11(3)14(7-12-5-6-13(29-4)8-15(12)22)20(23-24)31-21-19(28)18(27)17(26)16(9-25)30-21/h8,10,16-19,21,25-28H,5-7,9H2,1-4H3/t16-,17-,18+,19-,21+/m1/s1. The number of allylic oxidation sites excluding steroid dienone is 4. The Kier molecular flexibility index (Phi) is 7.38. The lowest BCUT2D eigenvalue weighted by molar-refractivity contribution is -0.278. The van der Waals surface area contributed by atoms with E-state index in [1.165, 1.54) is 13.2 Å². The smallest absolute Gasteiger partial charge is 0.239 e. The molecule has 0 radical (unpaired) electrons. The lowest BCUT2D eigenvalue weighted by atomic mass is 9.96. The van der Waals surface area contributed by atoms with E-state index in [1.54, 1.807) is 4.68 Å². The quantitative estimate of drug-likeness (QED) is 0.494. The summed E-state index contributed by atoms with van der Waals surface area (Å²) in [7, 11) is 1.51. The second-order valence-corrected chi connectivity index (χ2v) is 8.17. The van der Waals surface area contributed by atoms with Crippen LogP contribution < -0.4 is 4.74 Å². The van der Waals surface area contributed by atoms with E-state index in [9.17, 15) is 24.8 Å². The summed E-state index contributed by atoms with van der Waals surface area (Å²) in [5.74, 6) is 0.351. The lowest BCUT2D eigenvalue weighted by Crippen LogP contribution is -2.60. The van der Waals surface area contributed by atoms with Crippen molar-refractivity contribution in [1.82, 2.24) is 9.78 Å². The van der Waals surface area contributed by atoms with Gasteiger partial charge in [-0.05, 0) is 32.8 Å². The predicted molar refractivity (Wildman–Crippen MR) is 108 cm³/mol. The Morgan fingerprint density at radius 3 is 2.52 bits per heavy atom. The van der Waals surface area contributed by atoms with E-state index in [2.05, 4.69) is 5.10 Å². The molecular formula is C21H31FN2O7. The number of hydrogen-bond donors (Lipinski definition) is 4. The Hall–Kier alpha value is -1.98. The fourth-order valence-corrected chi connectivity index (χ4v) is 3.86. The number of ether oxygens (including phenoxy) is 3. The summed E-state index contributed by atoms with van der Waals surface area (Å²) in [6.07, 6.45) is -4.40. The molecule has 1 aliphatic heterocycles. The summed E-state index contributed by atoms with van der Waals surface area (Å²) >= 11 is 0. The van der Waals surface area contributed by atoms with Crippen LogP contribution in [0, 0.1) is 6.92 Å². The predicted octanol–water partition coefficient (Wildman–Crippen LogP) is 1.04. The minimum absolute atomic E-state index is 0.00364. The molecule has 5 atom stereocenters. The molecule has 0 aromatic carbocycles. The Balaban J connectivity index is 1.92. The summed E-state index contributed by atoms with van der Waals surface area (Å²) in [5.41, 5.74) is 1.98. The van der Waals surface area contributed by atoms with Gasteiger partial charge in [0, 0.05) is 36.2 Å². The van der Waals surface area contributed by atoms with Crippen LogP contribution in [-0.4, -0.2) is 74.6 Å². The van der Waals surface area contributed by atoms with Crippen LogP contribution in [0.1, 0.15) is 44.0 Å². The van der Waals surface area contributed by atoms with E-state index in [0.29, 0.717) is 29.7 Å². The highest BCUT2D eigenvalue weighted by Crippen LogP contribution is 2.34. The van der Waals surface area contributed by atoms with Crippen molar-refractivity contribution in [2.45, 2.75) is 76.8 Å². The Bertz CT molecular complexity index is 849. The van der Waals surface area contributed by atoms with E-state index in [-0.39, 0.29) is 24.2 Å². The van der Waals surface area contributed by atoms with Crippen molar-refractivity contribution in [2.24, 2.45) is 0 Å². The normalized spacial score (nSPS) is 29.4. The zero-order chi connectivity index (χ0) is 22.9. The van der Waals surface area contributed by atoms with Gasteiger partial charge in [-0.2, -0.15) is 0 Å². The number of aliphatic hydroxyl groups is 4. The summed E-state index contributed by atoms with van der Waals surface area (Å²) in [6, 6.07) is -0.00364. The molecule has 1 saturated heterocycles. The van der Waals surface area contributed by atoms with Gasteiger partial charge < -0.3 is 34.6 Å². The van der Waals surface area contributed by atoms with Crippen LogP contribution in [0.4, 0.5) is 4.39 Å². The minimum atomic E-state index is -1.57. The molecule has 2 aliphatic rings. The largest absolute Gasteiger partial charge is 0.501 e.